The van der Waals surface area contributed by atoms with Gasteiger partial charge in [0.2, 0.25) is 0 Å². The molecule has 0 aliphatic carbocycles. The van der Waals surface area contributed by atoms with Crippen LogP contribution >= 0.6 is 0 Å². The smallest absolute Gasteiger partial charge is 0.131 e. The van der Waals surface area contributed by atoms with E-state index in [-0.39, 0.29) is 5.41 Å². The molecule has 2 rings (SSSR count). The lowest BCUT2D eigenvalue weighted by Gasteiger charge is -2.16. The first-order chi connectivity index (χ1) is 5.48. The largest absolute Gasteiger partial charge is 0.457 e. The minimum Gasteiger partial charge on any atom is -0.457 e. The van der Waals surface area contributed by atoms with E-state index < -0.39 is 0 Å². The minimum atomic E-state index is 0.203. The third-order valence-electron chi connectivity index (χ3n) is 2.31. The number of aryl methyl sites for hydroxylation is 1. The number of furan rings is 2. The van der Waals surface area contributed by atoms with Crippen molar-refractivity contribution in [3.8, 4) is 0 Å². The Morgan fingerprint density at radius 2 is 1.75 bits per heavy atom. The molecule has 12 heavy (non-hydrogen) atoms. The van der Waals surface area contributed by atoms with E-state index in [0.717, 1.165) is 11.2 Å². The Bertz CT molecular complexity index is 390. The average molecular weight is 162 g/mol. The van der Waals surface area contributed by atoms with E-state index >= 15 is 0 Å². The first-order valence-corrected chi connectivity index (χ1v) is 4.31. The predicted molar refractivity (Wildman–Crippen MR) is 50.8 cm³/mol. The number of fused-ring (bicyclic) bond motifs is 2. The van der Waals surface area contributed by atoms with Crippen LogP contribution in [0.4, 0.5) is 0 Å². The summed E-state index contributed by atoms with van der Waals surface area (Å²) in [7, 11) is 0. The summed E-state index contributed by atoms with van der Waals surface area (Å²) in [6, 6.07) is 4.28. The second kappa shape index (κ2) is 2.03. The van der Waals surface area contributed by atoms with Gasteiger partial charge >= 0.3 is 0 Å². The summed E-state index contributed by atoms with van der Waals surface area (Å²) in [4.78, 5) is 0. The Balaban J connectivity index is 2.63. The standard InChI is InChI=1S/C11H14O/c1-7-5-10-8(11(2,3)4)6-9(7)12-10/h5-6H,1-4H3. The Kier molecular flexibility index (Phi) is 1.30. The first-order valence-electron chi connectivity index (χ1n) is 4.31. The Morgan fingerprint density at radius 1 is 1.08 bits per heavy atom. The number of hydrogen-bond donors (Lipinski definition) is 0. The van der Waals surface area contributed by atoms with Gasteiger partial charge in [-0.1, -0.05) is 20.8 Å². The summed E-state index contributed by atoms with van der Waals surface area (Å²) in [6.45, 7) is 8.71. The molecule has 0 fully saturated rings. The van der Waals surface area contributed by atoms with Crippen molar-refractivity contribution >= 4 is 11.2 Å². The van der Waals surface area contributed by atoms with Crippen LogP contribution in [0.15, 0.2) is 16.5 Å². The van der Waals surface area contributed by atoms with Crippen LogP contribution < -0.4 is 0 Å². The van der Waals surface area contributed by atoms with Crippen LogP contribution in [-0.4, -0.2) is 0 Å². The molecule has 0 aliphatic heterocycles. The molecule has 2 bridgehead atoms. The molecular weight excluding hydrogens is 148 g/mol. The average Bonchev–Trinajstić information content (AvgIpc) is 2.41. The molecule has 2 heterocycles. The third-order valence-corrected chi connectivity index (χ3v) is 2.31. The monoisotopic (exact) mass is 162 g/mol. The van der Waals surface area contributed by atoms with E-state index in [4.69, 9.17) is 4.42 Å². The van der Waals surface area contributed by atoms with Crippen LogP contribution in [0.5, 0.6) is 0 Å². The van der Waals surface area contributed by atoms with Crippen LogP contribution in [0, 0.1) is 6.92 Å². The molecular formula is C11H14O. The summed E-state index contributed by atoms with van der Waals surface area (Å²) < 4.78 is 5.57. The van der Waals surface area contributed by atoms with Crippen LogP contribution in [0.2, 0.25) is 0 Å². The SMILES string of the molecule is Cc1cc2oc1cc2C(C)(C)C. The van der Waals surface area contributed by atoms with Gasteiger partial charge in [0, 0.05) is 5.56 Å². The molecule has 0 N–H and O–H groups in total. The van der Waals surface area contributed by atoms with Crippen molar-refractivity contribution in [3.63, 3.8) is 0 Å². The highest BCUT2D eigenvalue weighted by atomic mass is 16.3. The molecule has 0 aliphatic rings. The highest BCUT2D eigenvalue weighted by Gasteiger charge is 2.21. The molecule has 0 radical (unpaired) electrons. The number of rotatable bonds is 0. The van der Waals surface area contributed by atoms with Gasteiger partial charge < -0.3 is 4.42 Å². The van der Waals surface area contributed by atoms with Crippen LogP contribution in [-0.2, 0) is 5.41 Å². The molecule has 0 amide bonds. The van der Waals surface area contributed by atoms with Gasteiger partial charge in [0.05, 0.1) is 0 Å². The molecule has 0 atom stereocenters. The fourth-order valence-corrected chi connectivity index (χ4v) is 1.56. The molecule has 2 aromatic rings. The second-order valence-corrected chi connectivity index (χ2v) is 4.47. The molecule has 0 spiro atoms. The van der Waals surface area contributed by atoms with Gasteiger partial charge in [0.25, 0.3) is 0 Å². The lowest BCUT2D eigenvalue weighted by molar-refractivity contribution is 0.585. The summed E-state index contributed by atoms with van der Waals surface area (Å²) >= 11 is 0. The summed E-state index contributed by atoms with van der Waals surface area (Å²) in [5.41, 5.74) is 4.86. The minimum absolute atomic E-state index is 0.203. The van der Waals surface area contributed by atoms with Crippen molar-refractivity contribution in [1.82, 2.24) is 0 Å². The molecule has 2 aromatic heterocycles. The van der Waals surface area contributed by atoms with Gasteiger partial charge in [-0.15, -0.1) is 0 Å². The van der Waals surface area contributed by atoms with E-state index in [1.54, 1.807) is 0 Å². The van der Waals surface area contributed by atoms with Crippen LogP contribution in [0.3, 0.4) is 0 Å². The van der Waals surface area contributed by atoms with Gasteiger partial charge in [-0.25, -0.2) is 0 Å². The van der Waals surface area contributed by atoms with Crippen molar-refractivity contribution in [2.45, 2.75) is 33.1 Å². The molecule has 1 heteroatoms. The maximum atomic E-state index is 5.57. The van der Waals surface area contributed by atoms with E-state index in [1.165, 1.54) is 11.1 Å². The van der Waals surface area contributed by atoms with Crippen molar-refractivity contribution < 1.29 is 4.42 Å². The first kappa shape index (κ1) is 7.66. The van der Waals surface area contributed by atoms with E-state index in [9.17, 15) is 0 Å². The quantitative estimate of drug-likeness (QED) is 0.578. The molecule has 0 saturated carbocycles. The number of hydrogen-bond acceptors (Lipinski definition) is 1. The lowest BCUT2D eigenvalue weighted by Crippen LogP contribution is -2.10. The zero-order valence-corrected chi connectivity index (χ0v) is 8.06. The Hall–Kier alpha value is -0.980. The van der Waals surface area contributed by atoms with Gasteiger partial charge in [-0.05, 0) is 30.0 Å². The van der Waals surface area contributed by atoms with Gasteiger partial charge in [-0.3, -0.25) is 0 Å². The van der Waals surface area contributed by atoms with Crippen molar-refractivity contribution in [2.75, 3.05) is 0 Å². The van der Waals surface area contributed by atoms with Gasteiger partial charge in [0.15, 0.2) is 0 Å². The predicted octanol–water partition coefficient (Wildman–Crippen LogP) is 3.48. The zero-order valence-electron chi connectivity index (χ0n) is 8.06. The highest BCUT2D eigenvalue weighted by molar-refractivity contribution is 5.71. The molecule has 0 saturated heterocycles. The number of benzene rings is 1. The highest BCUT2D eigenvalue weighted by Crippen LogP contribution is 2.34. The summed E-state index contributed by atoms with van der Waals surface area (Å²) in [5.74, 6) is 0. The van der Waals surface area contributed by atoms with Gasteiger partial charge in [-0.2, -0.15) is 0 Å². The van der Waals surface area contributed by atoms with E-state index in [1.807, 2.05) is 0 Å². The maximum absolute atomic E-state index is 5.57. The fourth-order valence-electron chi connectivity index (χ4n) is 1.56. The topological polar surface area (TPSA) is 13.1 Å². The fraction of sp³-hybridized carbons (Fsp3) is 0.455. The van der Waals surface area contributed by atoms with E-state index in [0.29, 0.717) is 0 Å². The van der Waals surface area contributed by atoms with Crippen molar-refractivity contribution in [2.24, 2.45) is 0 Å². The van der Waals surface area contributed by atoms with Crippen molar-refractivity contribution in [1.29, 1.82) is 0 Å². The Labute approximate surface area is 72.7 Å². The Morgan fingerprint density at radius 3 is 2.08 bits per heavy atom. The lowest BCUT2D eigenvalue weighted by atomic mass is 9.87. The summed E-state index contributed by atoms with van der Waals surface area (Å²) in [5, 5.41) is 0. The third kappa shape index (κ3) is 0.927. The van der Waals surface area contributed by atoms with Crippen LogP contribution in [0.25, 0.3) is 11.2 Å². The molecule has 0 aromatic carbocycles. The molecule has 64 valence electrons. The van der Waals surface area contributed by atoms with Crippen LogP contribution in [0.1, 0.15) is 31.9 Å². The molecule has 1 nitrogen and oxygen atoms in total. The van der Waals surface area contributed by atoms with E-state index in [2.05, 4.69) is 39.8 Å². The second-order valence-electron chi connectivity index (χ2n) is 4.47. The molecule has 0 unspecified atom stereocenters. The zero-order chi connectivity index (χ0) is 8.93. The van der Waals surface area contributed by atoms with Crippen molar-refractivity contribution in [3.05, 3.63) is 23.3 Å². The van der Waals surface area contributed by atoms with Gasteiger partial charge in [0.1, 0.15) is 11.2 Å². The maximum Gasteiger partial charge on any atom is 0.131 e. The summed E-state index contributed by atoms with van der Waals surface area (Å²) in [6.07, 6.45) is 0. The normalized spacial score (nSPS) is 13.0.